The first kappa shape index (κ1) is 12.0. The van der Waals surface area contributed by atoms with Gasteiger partial charge in [-0.05, 0) is 17.7 Å². The molecule has 3 nitrogen and oxygen atoms in total. The number of rotatable bonds is 2. The summed E-state index contributed by atoms with van der Waals surface area (Å²) in [6.07, 6.45) is -1.92. The van der Waals surface area contributed by atoms with Gasteiger partial charge in [0.2, 0.25) is 6.17 Å². The molecule has 1 saturated heterocycles. The molecule has 0 bridgehead atoms. The zero-order chi connectivity index (χ0) is 12.4. The van der Waals surface area contributed by atoms with Gasteiger partial charge in [0.1, 0.15) is 5.82 Å². The first-order valence-electron chi connectivity index (χ1n) is 4.97. The van der Waals surface area contributed by atoms with Crippen LogP contribution in [-0.4, -0.2) is 28.3 Å². The number of hydrogen-bond donors (Lipinski definition) is 0. The average Bonchev–Trinajstić information content (AvgIpc) is 2.74. The van der Waals surface area contributed by atoms with Gasteiger partial charge in [0.05, 0.1) is 0 Å². The Morgan fingerprint density at radius 3 is 2.53 bits per heavy atom. The maximum absolute atomic E-state index is 13.8. The molecule has 1 heterocycles. The zero-order valence-electron chi connectivity index (χ0n) is 8.73. The Hall–Kier alpha value is -1.43. The number of hydrogen-bond acceptors (Lipinski definition) is 3. The second-order valence-corrected chi connectivity index (χ2v) is 4.56. The minimum atomic E-state index is -1.92. The van der Waals surface area contributed by atoms with Crippen LogP contribution in [0.15, 0.2) is 24.3 Å². The molecule has 1 atom stereocenters. The molecule has 1 aromatic rings. The van der Waals surface area contributed by atoms with Crippen molar-refractivity contribution in [2.75, 3.05) is 12.3 Å². The first-order valence-corrected chi connectivity index (χ1v) is 5.96. The minimum absolute atomic E-state index is 0.0566. The summed E-state index contributed by atoms with van der Waals surface area (Å²) in [6.45, 7) is 0.226. The van der Waals surface area contributed by atoms with Crippen LogP contribution in [-0.2, 0) is 4.79 Å². The second kappa shape index (κ2) is 4.83. The molecule has 1 fully saturated rings. The molecule has 1 aliphatic rings. The van der Waals surface area contributed by atoms with E-state index in [1.165, 1.54) is 12.1 Å². The van der Waals surface area contributed by atoms with Gasteiger partial charge in [-0.3, -0.25) is 14.5 Å². The van der Waals surface area contributed by atoms with Gasteiger partial charge in [0.25, 0.3) is 11.1 Å². The number of carbonyl (C=O) groups is 2. The normalized spacial score (nSPS) is 17.3. The van der Waals surface area contributed by atoms with Crippen molar-refractivity contribution in [1.29, 1.82) is 0 Å². The fourth-order valence-electron chi connectivity index (χ4n) is 1.50. The van der Waals surface area contributed by atoms with Crippen LogP contribution in [0.1, 0.15) is 11.7 Å². The SMILES string of the molecule is O=C1SCCN1C(=O)C(F)c1ccc(F)cc1. The lowest BCUT2D eigenvalue weighted by Gasteiger charge is -2.15. The first-order chi connectivity index (χ1) is 8.09. The van der Waals surface area contributed by atoms with Gasteiger partial charge < -0.3 is 0 Å². The molecule has 0 saturated carbocycles. The standard InChI is InChI=1S/C11H9F2NO2S/c12-8-3-1-7(2-4-8)9(13)10(15)14-5-6-17-11(14)16/h1-4,9H,5-6H2. The Bertz CT molecular complexity index is 449. The van der Waals surface area contributed by atoms with Gasteiger partial charge in [-0.2, -0.15) is 0 Å². The van der Waals surface area contributed by atoms with Crippen LogP contribution in [0.5, 0.6) is 0 Å². The summed E-state index contributed by atoms with van der Waals surface area (Å²) in [5, 5.41) is -0.431. The van der Waals surface area contributed by atoms with Crippen molar-refractivity contribution in [3.8, 4) is 0 Å². The second-order valence-electron chi connectivity index (χ2n) is 3.52. The average molecular weight is 257 g/mol. The molecule has 17 heavy (non-hydrogen) atoms. The lowest BCUT2D eigenvalue weighted by Crippen LogP contribution is -2.33. The van der Waals surface area contributed by atoms with Crippen LogP contribution in [0.25, 0.3) is 0 Å². The summed E-state index contributed by atoms with van der Waals surface area (Å²) >= 11 is 0.988. The van der Waals surface area contributed by atoms with Crippen molar-refractivity contribution in [2.24, 2.45) is 0 Å². The molecule has 0 aliphatic carbocycles. The van der Waals surface area contributed by atoms with Crippen molar-refractivity contribution in [2.45, 2.75) is 6.17 Å². The molecule has 0 aromatic heterocycles. The van der Waals surface area contributed by atoms with Crippen molar-refractivity contribution in [1.82, 2.24) is 4.90 Å². The third-order valence-electron chi connectivity index (χ3n) is 2.41. The van der Waals surface area contributed by atoms with Crippen LogP contribution in [0.3, 0.4) is 0 Å². The van der Waals surface area contributed by atoms with Gasteiger partial charge in [-0.1, -0.05) is 23.9 Å². The van der Waals surface area contributed by atoms with Crippen molar-refractivity contribution in [3.63, 3.8) is 0 Å². The lowest BCUT2D eigenvalue weighted by atomic mass is 10.1. The molecule has 6 heteroatoms. The number of imide groups is 1. The summed E-state index contributed by atoms with van der Waals surface area (Å²) in [7, 11) is 0. The molecule has 1 aromatic carbocycles. The van der Waals surface area contributed by atoms with E-state index in [0.29, 0.717) is 5.75 Å². The number of thioether (sulfide) groups is 1. The zero-order valence-corrected chi connectivity index (χ0v) is 9.55. The van der Waals surface area contributed by atoms with E-state index in [2.05, 4.69) is 0 Å². The molecular weight excluding hydrogens is 248 g/mol. The highest BCUT2D eigenvalue weighted by Crippen LogP contribution is 2.25. The summed E-state index contributed by atoms with van der Waals surface area (Å²) < 4.78 is 26.4. The van der Waals surface area contributed by atoms with E-state index in [1.54, 1.807) is 0 Å². The Morgan fingerprint density at radius 2 is 2.00 bits per heavy atom. The summed E-state index contributed by atoms with van der Waals surface area (Å²) in [4.78, 5) is 23.8. The Labute approximate surface area is 101 Å². The molecule has 1 unspecified atom stereocenters. The summed E-state index contributed by atoms with van der Waals surface area (Å²) in [5.74, 6) is -0.895. The van der Waals surface area contributed by atoms with Gasteiger partial charge in [0.15, 0.2) is 0 Å². The molecule has 2 rings (SSSR count). The third-order valence-corrected chi connectivity index (χ3v) is 3.26. The van der Waals surface area contributed by atoms with Crippen molar-refractivity contribution in [3.05, 3.63) is 35.6 Å². The predicted octanol–water partition coefficient (Wildman–Crippen LogP) is 2.53. The summed E-state index contributed by atoms with van der Waals surface area (Å²) in [6, 6.07) is 4.56. The van der Waals surface area contributed by atoms with Crippen LogP contribution >= 0.6 is 11.8 Å². The Balaban J connectivity index is 2.14. The van der Waals surface area contributed by atoms with Crippen molar-refractivity contribution >= 4 is 22.9 Å². The van der Waals surface area contributed by atoms with Gasteiger partial charge in [-0.15, -0.1) is 0 Å². The molecule has 2 amide bonds. The number of benzene rings is 1. The van der Waals surface area contributed by atoms with E-state index in [9.17, 15) is 18.4 Å². The number of carbonyl (C=O) groups excluding carboxylic acids is 2. The maximum atomic E-state index is 13.8. The molecule has 90 valence electrons. The van der Waals surface area contributed by atoms with E-state index in [-0.39, 0.29) is 12.1 Å². The van der Waals surface area contributed by atoms with Crippen LogP contribution in [0, 0.1) is 5.82 Å². The number of nitrogens with zero attached hydrogens (tertiary/aromatic N) is 1. The molecule has 0 spiro atoms. The van der Waals surface area contributed by atoms with Crippen LogP contribution in [0.2, 0.25) is 0 Å². The largest absolute Gasteiger partial charge is 0.288 e. The van der Waals surface area contributed by atoms with E-state index in [0.717, 1.165) is 28.8 Å². The molecule has 0 N–H and O–H groups in total. The quantitative estimate of drug-likeness (QED) is 0.817. The fraction of sp³-hybridized carbons (Fsp3) is 0.273. The third kappa shape index (κ3) is 2.46. The van der Waals surface area contributed by atoms with E-state index >= 15 is 0 Å². The monoisotopic (exact) mass is 257 g/mol. The van der Waals surface area contributed by atoms with Gasteiger partial charge in [-0.25, -0.2) is 8.78 Å². The highest BCUT2D eigenvalue weighted by molar-refractivity contribution is 8.13. The van der Waals surface area contributed by atoms with Crippen LogP contribution < -0.4 is 0 Å². The fourth-order valence-corrected chi connectivity index (χ4v) is 2.29. The highest BCUT2D eigenvalue weighted by atomic mass is 32.2. The highest BCUT2D eigenvalue weighted by Gasteiger charge is 2.33. The predicted molar refractivity (Wildman–Crippen MR) is 59.8 cm³/mol. The molecule has 0 radical (unpaired) electrons. The smallest absolute Gasteiger partial charge is 0.271 e. The Kier molecular flexibility index (Phi) is 3.42. The van der Waals surface area contributed by atoms with Crippen LogP contribution in [0.4, 0.5) is 13.6 Å². The number of amides is 2. The van der Waals surface area contributed by atoms with E-state index < -0.39 is 23.1 Å². The number of alkyl halides is 1. The van der Waals surface area contributed by atoms with Crippen molar-refractivity contribution < 1.29 is 18.4 Å². The summed E-state index contributed by atoms with van der Waals surface area (Å²) in [5.41, 5.74) is 0.0566. The number of halogens is 2. The van der Waals surface area contributed by atoms with E-state index in [4.69, 9.17) is 0 Å². The topological polar surface area (TPSA) is 37.4 Å². The van der Waals surface area contributed by atoms with E-state index in [1.807, 2.05) is 0 Å². The van der Waals surface area contributed by atoms with Gasteiger partial charge >= 0.3 is 0 Å². The lowest BCUT2D eigenvalue weighted by molar-refractivity contribution is -0.132. The molecular formula is C11H9F2NO2S. The Morgan fingerprint density at radius 1 is 1.35 bits per heavy atom. The maximum Gasteiger partial charge on any atom is 0.288 e. The minimum Gasteiger partial charge on any atom is -0.271 e. The molecule has 1 aliphatic heterocycles. The van der Waals surface area contributed by atoms with Gasteiger partial charge in [0, 0.05) is 12.3 Å².